The molecule has 0 spiro atoms. The van der Waals surface area contributed by atoms with Crippen LogP contribution in [0.4, 0.5) is 0 Å². The van der Waals surface area contributed by atoms with E-state index in [4.69, 9.17) is 21.1 Å². The minimum Gasteiger partial charge on any atom is -0.508 e. The zero-order chi connectivity index (χ0) is 24.1. The highest BCUT2D eigenvalue weighted by Crippen LogP contribution is 2.43. The van der Waals surface area contributed by atoms with Crippen LogP contribution in [-0.2, 0) is 0 Å². The second-order valence-corrected chi connectivity index (χ2v) is 9.35. The van der Waals surface area contributed by atoms with Gasteiger partial charge in [-0.15, -0.1) is 11.3 Å². The minimum absolute atomic E-state index is 0.133. The maximum absolute atomic E-state index is 13.5. The van der Waals surface area contributed by atoms with E-state index in [0.29, 0.717) is 33.6 Å². The van der Waals surface area contributed by atoms with E-state index < -0.39 is 0 Å². The number of aryl methyl sites for hydroxylation is 1. The number of carbonyl (C=O) groups is 1. The van der Waals surface area contributed by atoms with Crippen molar-refractivity contribution in [2.24, 2.45) is 0 Å². The average Bonchev–Trinajstić information content (AvgIpc) is 3.18. The van der Waals surface area contributed by atoms with Gasteiger partial charge in [-0.2, -0.15) is 0 Å². The largest absolute Gasteiger partial charge is 0.508 e. The van der Waals surface area contributed by atoms with Crippen LogP contribution in [-0.4, -0.2) is 30.6 Å². The first kappa shape index (κ1) is 24.1. The van der Waals surface area contributed by atoms with Gasteiger partial charge >= 0.3 is 0 Å². The van der Waals surface area contributed by atoms with Crippen LogP contribution in [0.5, 0.6) is 23.0 Å². The standard InChI is InChI=1S/C27H26ClNO4S/c1-3-29-13-4-14-32-20-8-10-21(11-9-20)33-26-22-12-7-19(30)16-24(22)34-27(26)25(31)23-15-18(28)6-5-17(23)2/h5-12,15-16,29-30H,3-4,13-14H2,1-2H3. The molecule has 0 aliphatic heterocycles. The second-order valence-electron chi connectivity index (χ2n) is 7.86. The van der Waals surface area contributed by atoms with Crippen molar-refractivity contribution < 1.29 is 19.4 Å². The molecule has 1 heterocycles. The van der Waals surface area contributed by atoms with E-state index in [1.165, 1.54) is 11.3 Å². The van der Waals surface area contributed by atoms with E-state index in [1.54, 1.807) is 30.3 Å². The van der Waals surface area contributed by atoms with Gasteiger partial charge < -0.3 is 19.9 Å². The molecule has 2 N–H and O–H groups in total. The fraction of sp³-hybridized carbons (Fsp3) is 0.222. The maximum atomic E-state index is 13.5. The molecule has 5 nitrogen and oxygen atoms in total. The van der Waals surface area contributed by atoms with Crippen LogP contribution in [0, 0.1) is 6.92 Å². The Morgan fingerprint density at radius 1 is 1.06 bits per heavy atom. The number of halogens is 1. The molecular weight excluding hydrogens is 470 g/mol. The van der Waals surface area contributed by atoms with Crippen LogP contribution in [0.25, 0.3) is 10.1 Å². The third-order valence-electron chi connectivity index (χ3n) is 5.34. The zero-order valence-corrected chi connectivity index (χ0v) is 20.6. The average molecular weight is 496 g/mol. The lowest BCUT2D eigenvalue weighted by molar-refractivity contribution is 0.104. The summed E-state index contributed by atoms with van der Waals surface area (Å²) >= 11 is 7.45. The molecule has 1 aromatic heterocycles. The van der Waals surface area contributed by atoms with Crippen LogP contribution in [0.15, 0.2) is 60.7 Å². The van der Waals surface area contributed by atoms with Gasteiger partial charge in [0.25, 0.3) is 0 Å². The first-order valence-electron chi connectivity index (χ1n) is 11.1. The highest BCUT2D eigenvalue weighted by Gasteiger charge is 2.23. The van der Waals surface area contributed by atoms with Gasteiger partial charge in [-0.1, -0.05) is 24.6 Å². The normalized spacial score (nSPS) is 11.0. The minimum atomic E-state index is -0.170. The van der Waals surface area contributed by atoms with Crippen molar-refractivity contribution in [3.63, 3.8) is 0 Å². The molecule has 0 aliphatic carbocycles. The second kappa shape index (κ2) is 10.9. The summed E-state index contributed by atoms with van der Waals surface area (Å²) in [5.41, 5.74) is 1.35. The molecule has 0 atom stereocenters. The van der Waals surface area contributed by atoms with E-state index in [9.17, 15) is 9.90 Å². The van der Waals surface area contributed by atoms with Gasteiger partial charge in [0.15, 0.2) is 5.75 Å². The number of benzene rings is 3. The number of phenolic OH excluding ortho intramolecular Hbond substituents is 1. The molecule has 7 heteroatoms. The monoisotopic (exact) mass is 495 g/mol. The van der Waals surface area contributed by atoms with Crippen LogP contribution in [0.1, 0.15) is 34.1 Å². The third kappa shape index (κ3) is 5.53. The number of phenols is 1. The number of nitrogens with one attached hydrogen (secondary N) is 1. The fourth-order valence-electron chi connectivity index (χ4n) is 3.56. The fourth-order valence-corrected chi connectivity index (χ4v) is 4.85. The Hall–Kier alpha value is -3.06. The van der Waals surface area contributed by atoms with Crippen molar-refractivity contribution in [3.8, 4) is 23.0 Å². The topological polar surface area (TPSA) is 67.8 Å². The third-order valence-corrected chi connectivity index (χ3v) is 6.71. The molecule has 4 rings (SSSR count). The van der Waals surface area contributed by atoms with Gasteiger partial charge in [0, 0.05) is 20.7 Å². The number of fused-ring (bicyclic) bond motifs is 1. The van der Waals surface area contributed by atoms with Crippen LogP contribution in [0.2, 0.25) is 5.02 Å². The lowest BCUT2D eigenvalue weighted by Gasteiger charge is -2.10. The van der Waals surface area contributed by atoms with E-state index in [0.717, 1.165) is 40.9 Å². The summed E-state index contributed by atoms with van der Waals surface area (Å²) < 4.78 is 12.8. The molecule has 0 bridgehead atoms. The summed E-state index contributed by atoms with van der Waals surface area (Å²) in [7, 11) is 0. The van der Waals surface area contributed by atoms with Crippen molar-refractivity contribution in [1.82, 2.24) is 5.32 Å². The van der Waals surface area contributed by atoms with E-state index >= 15 is 0 Å². The number of ketones is 1. The SMILES string of the molecule is CCNCCCOc1ccc(Oc2c(C(=O)c3cc(Cl)ccc3C)sc3cc(O)ccc23)cc1. The molecule has 0 unspecified atom stereocenters. The number of thiophene rings is 1. The Bertz CT molecular complexity index is 1300. The Balaban J connectivity index is 1.62. The Labute approximate surface area is 207 Å². The number of ether oxygens (including phenoxy) is 2. The lowest BCUT2D eigenvalue weighted by atomic mass is 10.0. The first-order valence-corrected chi connectivity index (χ1v) is 12.3. The Kier molecular flexibility index (Phi) is 7.73. The smallest absolute Gasteiger partial charge is 0.207 e. The number of rotatable bonds is 10. The number of hydrogen-bond donors (Lipinski definition) is 2. The van der Waals surface area contributed by atoms with Gasteiger partial charge in [-0.25, -0.2) is 0 Å². The van der Waals surface area contributed by atoms with Crippen LogP contribution >= 0.6 is 22.9 Å². The highest BCUT2D eigenvalue weighted by molar-refractivity contribution is 7.21. The summed E-state index contributed by atoms with van der Waals surface area (Å²) in [6.07, 6.45) is 0.925. The van der Waals surface area contributed by atoms with Gasteiger partial charge in [0.05, 0.1) is 6.61 Å². The summed E-state index contributed by atoms with van der Waals surface area (Å²) in [5, 5.41) is 14.5. The summed E-state index contributed by atoms with van der Waals surface area (Å²) in [6, 6.07) is 17.6. The van der Waals surface area contributed by atoms with Gasteiger partial charge in [-0.3, -0.25) is 4.79 Å². The van der Waals surface area contributed by atoms with Crippen LogP contribution in [0.3, 0.4) is 0 Å². The number of aromatic hydroxyl groups is 1. The summed E-state index contributed by atoms with van der Waals surface area (Å²) in [4.78, 5) is 14.0. The van der Waals surface area contributed by atoms with Crippen molar-refractivity contribution in [1.29, 1.82) is 0 Å². The quantitative estimate of drug-likeness (QED) is 0.184. The molecule has 0 amide bonds. The molecule has 0 radical (unpaired) electrons. The first-order chi connectivity index (χ1) is 16.5. The predicted octanol–water partition coefficient (Wildman–Crippen LogP) is 6.97. The maximum Gasteiger partial charge on any atom is 0.207 e. The summed E-state index contributed by atoms with van der Waals surface area (Å²) in [5.74, 6) is 1.77. The molecular formula is C27H26ClNO4S. The molecule has 4 aromatic rings. The van der Waals surface area contributed by atoms with Gasteiger partial charge in [0.1, 0.15) is 22.1 Å². The lowest BCUT2D eigenvalue weighted by Crippen LogP contribution is -2.16. The number of hydrogen-bond acceptors (Lipinski definition) is 6. The molecule has 0 fully saturated rings. The zero-order valence-electron chi connectivity index (χ0n) is 19.1. The van der Waals surface area contributed by atoms with Crippen molar-refractivity contribution in [2.75, 3.05) is 19.7 Å². The van der Waals surface area contributed by atoms with Gasteiger partial charge in [-0.05, 0) is 86.6 Å². The predicted molar refractivity (Wildman–Crippen MR) is 138 cm³/mol. The molecule has 176 valence electrons. The highest BCUT2D eigenvalue weighted by atomic mass is 35.5. The Morgan fingerprint density at radius 3 is 2.59 bits per heavy atom. The number of carbonyl (C=O) groups excluding carboxylic acids is 1. The van der Waals surface area contributed by atoms with E-state index in [1.807, 2.05) is 37.3 Å². The molecule has 0 saturated carbocycles. The molecule has 0 aliphatic rings. The van der Waals surface area contributed by atoms with Crippen molar-refractivity contribution >= 4 is 38.8 Å². The van der Waals surface area contributed by atoms with E-state index in [2.05, 4.69) is 12.2 Å². The molecule has 34 heavy (non-hydrogen) atoms. The van der Waals surface area contributed by atoms with Crippen molar-refractivity contribution in [3.05, 3.63) is 81.7 Å². The van der Waals surface area contributed by atoms with E-state index in [-0.39, 0.29) is 11.5 Å². The summed E-state index contributed by atoms with van der Waals surface area (Å²) in [6.45, 7) is 6.45. The molecule has 0 saturated heterocycles. The van der Waals surface area contributed by atoms with Crippen molar-refractivity contribution in [2.45, 2.75) is 20.3 Å². The van der Waals surface area contributed by atoms with Gasteiger partial charge in [0.2, 0.25) is 5.78 Å². The Morgan fingerprint density at radius 2 is 1.82 bits per heavy atom. The van der Waals surface area contributed by atoms with Crippen LogP contribution < -0.4 is 14.8 Å². The molecule has 3 aromatic carbocycles.